The van der Waals surface area contributed by atoms with E-state index in [2.05, 4.69) is 5.32 Å². The van der Waals surface area contributed by atoms with Gasteiger partial charge in [0.2, 0.25) is 0 Å². The maximum Gasteiger partial charge on any atom is 0.163 e. The van der Waals surface area contributed by atoms with Crippen molar-refractivity contribution in [2.45, 2.75) is 25.9 Å². The van der Waals surface area contributed by atoms with Crippen LogP contribution in [0.1, 0.15) is 37.1 Å². The van der Waals surface area contributed by atoms with Gasteiger partial charge in [0, 0.05) is 17.6 Å². The monoisotopic (exact) mass is 291 g/mol. The van der Waals surface area contributed by atoms with Crippen LogP contribution in [-0.2, 0) is 0 Å². The summed E-state index contributed by atoms with van der Waals surface area (Å²) in [6.07, 6.45) is 0. The first-order valence-corrected chi connectivity index (χ1v) is 6.87. The quantitative estimate of drug-likeness (QED) is 0.882. The second-order valence-corrected chi connectivity index (χ2v) is 5.03. The van der Waals surface area contributed by atoms with Crippen LogP contribution in [-0.4, -0.2) is 7.11 Å². The minimum absolute atomic E-state index is 0.0160. The number of nitrogens with one attached hydrogen (secondary N) is 1. The highest BCUT2D eigenvalue weighted by atomic mass is 19.2. The first kappa shape index (κ1) is 15.4. The maximum absolute atomic E-state index is 13.8. The molecule has 1 N–H and O–H groups in total. The van der Waals surface area contributed by atoms with E-state index in [1.165, 1.54) is 6.07 Å². The first-order chi connectivity index (χ1) is 10.0. The first-order valence-electron chi connectivity index (χ1n) is 6.87. The second-order valence-electron chi connectivity index (χ2n) is 5.03. The molecule has 0 aliphatic rings. The lowest BCUT2D eigenvalue weighted by Crippen LogP contribution is -2.23. The number of hydrogen-bond donors (Lipinski definition) is 1. The Labute approximate surface area is 123 Å². The Morgan fingerprint density at radius 1 is 1.00 bits per heavy atom. The van der Waals surface area contributed by atoms with Crippen molar-refractivity contribution in [1.29, 1.82) is 0 Å². The molecule has 4 heteroatoms. The van der Waals surface area contributed by atoms with Crippen molar-refractivity contribution < 1.29 is 13.5 Å². The Morgan fingerprint density at radius 3 is 2.43 bits per heavy atom. The molecule has 0 aliphatic heterocycles. The van der Waals surface area contributed by atoms with Gasteiger partial charge in [-0.2, -0.15) is 0 Å². The largest absolute Gasteiger partial charge is 0.497 e. The zero-order valence-electron chi connectivity index (χ0n) is 12.4. The molecule has 1 unspecified atom stereocenters. The van der Waals surface area contributed by atoms with Gasteiger partial charge in [-0.3, -0.25) is 0 Å². The summed E-state index contributed by atoms with van der Waals surface area (Å²) in [5, 5.41) is 3.27. The fraction of sp³-hybridized carbons (Fsp3) is 0.294. The molecule has 2 aromatic carbocycles. The number of hydrogen-bond acceptors (Lipinski definition) is 2. The number of ether oxygens (including phenoxy) is 1. The van der Waals surface area contributed by atoms with Gasteiger partial charge >= 0.3 is 0 Å². The van der Waals surface area contributed by atoms with Crippen LogP contribution in [0.2, 0.25) is 0 Å². The highest BCUT2D eigenvalue weighted by Gasteiger charge is 2.16. The lowest BCUT2D eigenvalue weighted by atomic mass is 10.0. The fourth-order valence-corrected chi connectivity index (χ4v) is 2.33. The molecule has 0 spiro atoms. The second kappa shape index (κ2) is 6.68. The van der Waals surface area contributed by atoms with E-state index in [0.717, 1.165) is 17.4 Å². The summed E-state index contributed by atoms with van der Waals surface area (Å²) in [6, 6.07) is 11.6. The Balaban J connectivity index is 2.14. The lowest BCUT2D eigenvalue weighted by molar-refractivity contribution is 0.411. The van der Waals surface area contributed by atoms with Crippen LogP contribution in [0.15, 0.2) is 42.5 Å². The summed E-state index contributed by atoms with van der Waals surface area (Å²) in [7, 11) is 1.61. The minimum Gasteiger partial charge on any atom is -0.497 e. The Kier molecular flexibility index (Phi) is 4.91. The Morgan fingerprint density at radius 2 is 1.71 bits per heavy atom. The predicted molar refractivity (Wildman–Crippen MR) is 79.3 cm³/mol. The van der Waals surface area contributed by atoms with Crippen molar-refractivity contribution in [2.75, 3.05) is 7.11 Å². The van der Waals surface area contributed by atoms with Gasteiger partial charge < -0.3 is 10.1 Å². The summed E-state index contributed by atoms with van der Waals surface area (Å²) >= 11 is 0. The molecule has 0 radical (unpaired) electrons. The summed E-state index contributed by atoms with van der Waals surface area (Å²) in [4.78, 5) is 0. The van der Waals surface area contributed by atoms with Gasteiger partial charge in [0.25, 0.3) is 0 Å². The molecule has 0 saturated carbocycles. The molecule has 21 heavy (non-hydrogen) atoms. The average molecular weight is 291 g/mol. The van der Waals surface area contributed by atoms with E-state index in [4.69, 9.17) is 4.74 Å². The molecule has 0 heterocycles. The van der Waals surface area contributed by atoms with Gasteiger partial charge in [-0.15, -0.1) is 0 Å². The third-order valence-corrected chi connectivity index (χ3v) is 3.54. The molecule has 2 nitrogen and oxygen atoms in total. The molecule has 0 aromatic heterocycles. The highest BCUT2D eigenvalue weighted by molar-refractivity contribution is 5.31. The zero-order valence-corrected chi connectivity index (χ0v) is 12.4. The Bertz CT molecular complexity index is 615. The van der Waals surface area contributed by atoms with E-state index in [9.17, 15) is 8.78 Å². The van der Waals surface area contributed by atoms with E-state index >= 15 is 0 Å². The molecular weight excluding hydrogens is 272 g/mol. The van der Waals surface area contributed by atoms with Gasteiger partial charge in [0.05, 0.1) is 7.11 Å². The molecule has 0 fully saturated rings. The van der Waals surface area contributed by atoms with Crippen molar-refractivity contribution in [3.63, 3.8) is 0 Å². The number of rotatable bonds is 5. The molecular formula is C17H19F2NO. The third-order valence-electron chi connectivity index (χ3n) is 3.54. The van der Waals surface area contributed by atoms with Crippen molar-refractivity contribution >= 4 is 0 Å². The van der Waals surface area contributed by atoms with Crippen LogP contribution in [0.5, 0.6) is 5.75 Å². The number of benzene rings is 2. The van der Waals surface area contributed by atoms with Crippen LogP contribution in [0.25, 0.3) is 0 Å². The fourth-order valence-electron chi connectivity index (χ4n) is 2.33. The summed E-state index contributed by atoms with van der Waals surface area (Å²) in [6.45, 7) is 3.79. The maximum atomic E-state index is 13.8. The van der Waals surface area contributed by atoms with Gasteiger partial charge in [-0.05, 0) is 37.6 Å². The van der Waals surface area contributed by atoms with E-state index < -0.39 is 11.6 Å². The smallest absolute Gasteiger partial charge is 0.163 e. The van der Waals surface area contributed by atoms with E-state index in [-0.39, 0.29) is 12.1 Å². The summed E-state index contributed by atoms with van der Waals surface area (Å²) in [5.74, 6) is -0.851. The van der Waals surface area contributed by atoms with Crippen LogP contribution >= 0.6 is 0 Å². The normalized spacial score (nSPS) is 13.8. The number of halogens is 2. The summed E-state index contributed by atoms with van der Waals surface area (Å²) in [5.41, 5.74) is 1.35. The standard InChI is InChI=1S/C17H19F2NO/c1-11(13-6-4-7-14(10-13)21-3)20-12(2)15-8-5-9-16(18)17(15)19/h4-12,20H,1-3H3/t11-,12?/m1/s1. The van der Waals surface area contributed by atoms with E-state index in [1.807, 2.05) is 38.1 Å². The molecule has 2 atom stereocenters. The predicted octanol–water partition coefficient (Wildman–Crippen LogP) is 4.39. The van der Waals surface area contributed by atoms with Crippen LogP contribution in [0.3, 0.4) is 0 Å². The molecule has 0 bridgehead atoms. The molecule has 0 aliphatic carbocycles. The van der Waals surface area contributed by atoms with Crippen LogP contribution < -0.4 is 10.1 Å². The van der Waals surface area contributed by atoms with Crippen LogP contribution in [0, 0.1) is 11.6 Å². The van der Waals surface area contributed by atoms with Crippen molar-refractivity contribution in [2.24, 2.45) is 0 Å². The molecule has 2 rings (SSSR count). The SMILES string of the molecule is COc1cccc([C@@H](C)NC(C)c2cccc(F)c2F)c1. The topological polar surface area (TPSA) is 21.3 Å². The zero-order chi connectivity index (χ0) is 15.4. The van der Waals surface area contributed by atoms with Crippen molar-refractivity contribution in [3.8, 4) is 5.75 Å². The van der Waals surface area contributed by atoms with Crippen molar-refractivity contribution in [1.82, 2.24) is 5.32 Å². The van der Waals surface area contributed by atoms with E-state index in [1.54, 1.807) is 13.2 Å². The third kappa shape index (κ3) is 3.58. The molecule has 112 valence electrons. The Hall–Kier alpha value is -1.94. The lowest BCUT2D eigenvalue weighted by Gasteiger charge is -2.21. The van der Waals surface area contributed by atoms with Gasteiger partial charge in [-0.1, -0.05) is 24.3 Å². The van der Waals surface area contributed by atoms with Gasteiger partial charge in [-0.25, -0.2) is 8.78 Å². The van der Waals surface area contributed by atoms with Crippen LogP contribution in [0.4, 0.5) is 8.78 Å². The van der Waals surface area contributed by atoms with Crippen molar-refractivity contribution in [3.05, 3.63) is 65.2 Å². The molecule has 0 amide bonds. The average Bonchev–Trinajstić information content (AvgIpc) is 2.49. The molecule has 0 saturated heterocycles. The van der Waals surface area contributed by atoms with Gasteiger partial charge in [0.15, 0.2) is 11.6 Å². The van der Waals surface area contributed by atoms with Gasteiger partial charge in [0.1, 0.15) is 5.75 Å². The minimum atomic E-state index is -0.824. The van der Waals surface area contributed by atoms with E-state index in [0.29, 0.717) is 5.56 Å². The summed E-state index contributed by atoms with van der Waals surface area (Å²) < 4.78 is 32.3. The number of methoxy groups -OCH3 is 1. The highest BCUT2D eigenvalue weighted by Crippen LogP contribution is 2.24. The molecule has 2 aromatic rings.